The van der Waals surface area contributed by atoms with Crippen molar-refractivity contribution in [3.8, 4) is 0 Å². The van der Waals surface area contributed by atoms with Crippen LogP contribution in [-0.4, -0.2) is 31.8 Å². The number of nitrogens with zero attached hydrogens (tertiary/aromatic N) is 3. The lowest BCUT2D eigenvalue weighted by atomic mass is 10.3. The number of aromatic nitrogens is 4. The quantitative estimate of drug-likeness (QED) is 0.592. The van der Waals surface area contributed by atoms with Crippen LogP contribution in [0.1, 0.15) is 22.0 Å². The smallest absolute Gasteiger partial charge is 0.270 e. The first-order chi connectivity index (χ1) is 12.1. The van der Waals surface area contributed by atoms with Crippen molar-refractivity contribution in [2.45, 2.75) is 13.3 Å². The second-order valence-corrected chi connectivity index (χ2v) is 6.26. The maximum atomic E-state index is 12.6. The molecule has 0 unspecified atom stereocenters. The Balaban J connectivity index is 1.48. The maximum absolute atomic E-state index is 12.6. The molecule has 0 bridgehead atoms. The van der Waals surface area contributed by atoms with Crippen LogP contribution in [0.3, 0.4) is 0 Å². The highest BCUT2D eigenvalue weighted by molar-refractivity contribution is 6.30. The number of aromatic amines is 1. The van der Waals surface area contributed by atoms with Crippen LogP contribution < -0.4 is 5.32 Å². The van der Waals surface area contributed by atoms with Gasteiger partial charge in [0, 0.05) is 30.3 Å². The number of benzene rings is 1. The molecule has 0 saturated carbocycles. The third-order valence-corrected chi connectivity index (χ3v) is 4.30. The number of nitrogens with one attached hydrogen (secondary N) is 2. The predicted molar refractivity (Wildman–Crippen MR) is 97.1 cm³/mol. The highest BCUT2D eigenvalue weighted by atomic mass is 35.5. The zero-order valence-electron chi connectivity index (χ0n) is 13.6. The summed E-state index contributed by atoms with van der Waals surface area (Å²) in [5.74, 6) is 0.687. The Morgan fingerprint density at radius 2 is 2.12 bits per heavy atom. The topological polar surface area (TPSA) is 75.1 Å². The highest BCUT2D eigenvalue weighted by Gasteiger charge is 2.16. The average molecular weight is 354 g/mol. The van der Waals surface area contributed by atoms with Gasteiger partial charge in [0.2, 0.25) is 0 Å². The number of imidazole rings is 2. The monoisotopic (exact) mass is 353 g/mol. The number of aryl methyl sites for hydroxylation is 1. The van der Waals surface area contributed by atoms with Crippen LogP contribution in [0.4, 0.5) is 0 Å². The fourth-order valence-electron chi connectivity index (χ4n) is 2.91. The molecule has 0 spiro atoms. The molecular formula is C18H16ClN5O. The van der Waals surface area contributed by atoms with Crippen LogP contribution in [-0.2, 0) is 6.42 Å². The van der Waals surface area contributed by atoms with Gasteiger partial charge in [-0.1, -0.05) is 23.7 Å². The van der Waals surface area contributed by atoms with E-state index in [2.05, 4.69) is 20.3 Å². The third-order valence-electron chi connectivity index (χ3n) is 4.06. The van der Waals surface area contributed by atoms with Gasteiger partial charge in [-0.3, -0.25) is 9.20 Å². The first kappa shape index (κ1) is 15.7. The molecule has 3 aromatic heterocycles. The summed E-state index contributed by atoms with van der Waals surface area (Å²) in [4.78, 5) is 24.7. The van der Waals surface area contributed by atoms with E-state index in [0.717, 1.165) is 16.9 Å². The molecule has 0 radical (unpaired) electrons. The molecular weight excluding hydrogens is 338 g/mol. The Hall–Kier alpha value is -2.86. The van der Waals surface area contributed by atoms with Crippen LogP contribution in [0, 0.1) is 6.92 Å². The van der Waals surface area contributed by atoms with Crippen molar-refractivity contribution >= 4 is 34.2 Å². The summed E-state index contributed by atoms with van der Waals surface area (Å²) in [5.41, 5.74) is 3.78. The number of H-pyrrole nitrogens is 1. The zero-order chi connectivity index (χ0) is 17.4. The summed E-state index contributed by atoms with van der Waals surface area (Å²) in [6, 6.07) is 11.3. The lowest BCUT2D eigenvalue weighted by Crippen LogP contribution is -2.27. The Labute approximate surface area is 148 Å². The van der Waals surface area contributed by atoms with Crippen molar-refractivity contribution in [2.24, 2.45) is 0 Å². The molecule has 0 atom stereocenters. The van der Waals surface area contributed by atoms with Crippen molar-refractivity contribution in [1.82, 2.24) is 24.7 Å². The molecule has 0 aliphatic rings. The maximum Gasteiger partial charge on any atom is 0.270 e. The van der Waals surface area contributed by atoms with Crippen molar-refractivity contribution in [2.75, 3.05) is 6.54 Å². The highest BCUT2D eigenvalue weighted by Crippen LogP contribution is 2.16. The number of carbonyl (C=O) groups excluding carboxylic acids is 1. The van der Waals surface area contributed by atoms with Crippen LogP contribution >= 0.6 is 11.6 Å². The lowest BCUT2D eigenvalue weighted by molar-refractivity contribution is 0.0947. The molecule has 0 saturated heterocycles. The largest absolute Gasteiger partial charge is 0.350 e. The van der Waals surface area contributed by atoms with E-state index in [1.807, 2.05) is 31.2 Å². The van der Waals surface area contributed by atoms with E-state index in [9.17, 15) is 4.79 Å². The molecule has 4 rings (SSSR count). The van der Waals surface area contributed by atoms with E-state index >= 15 is 0 Å². The van der Waals surface area contributed by atoms with Gasteiger partial charge >= 0.3 is 0 Å². The summed E-state index contributed by atoms with van der Waals surface area (Å²) in [5, 5.41) is 3.52. The molecule has 6 nitrogen and oxygen atoms in total. The number of para-hydroxylation sites is 2. The predicted octanol–water partition coefficient (Wildman–Crippen LogP) is 3.14. The fourth-order valence-corrected chi connectivity index (χ4v) is 3.07. The Kier molecular flexibility index (Phi) is 3.89. The van der Waals surface area contributed by atoms with Gasteiger partial charge < -0.3 is 10.3 Å². The van der Waals surface area contributed by atoms with Gasteiger partial charge in [0.25, 0.3) is 5.91 Å². The lowest BCUT2D eigenvalue weighted by Gasteiger charge is -2.05. The van der Waals surface area contributed by atoms with Crippen LogP contribution in [0.15, 0.2) is 42.6 Å². The first-order valence-corrected chi connectivity index (χ1v) is 8.35. The van der Waals surface area contributed by atoms with Crippen LogP contribution in [0.5, 0.6) is 0 Å². The van der Waals surface area contributed by atoms with E-state index in [4.69, 9.17) is 11.6 Å². The number of amides is 1. The molecule has 4 aromatic rings. The van der Waals surface area contributed by atoms with Gasteiger partial charge in [-0.15, -0.1) is 0 Å². The molecule has 1 amide bonds. The summed E-state index contributed by atoms with van der Waals surface area (Å²) in [6.45, 7) is 2.30. The fraction of sp³-hybridized carbons (Fsp3) is 0.167. The molecule has 126 valence electrons. The van der Waals surface area contributed by atoms with E-state index in [1.165, 1.54) is 0 Å². The van der Waals surface area contributed by atoms with Crippen LogP contribution in [0.25, 0.3) is 16.7 Å². The molecule has 0 fully saturated rings. The average Bonchev–Trinajstić information content (AvgIpc) is 3.13. The van der Waals surface area contributed by atoms with Gasteiger partial charge in [-0.05, 0) is 25.1 Å². The summed E-state index contributed by atoms with van der Waals surface area (Å²) in [6.07, 6.45) is 2.38. The number of carbonyl (C=O) groups is 1. The van der Waals surface area contributed by atoms with Crippen molar-refractivity contribution in [3.05, 3.63) is 64.8 Å². The zero-order valence-corrected chi connectivity index (χ0v) is 14.3. The number of rotatable bonds is 4. The number of hydrogen-bond acceptors (Lipinski definition) is 3. The molecule has 3 heterocycles. The summed E-state index contributed by atoms with van der Waals surface area (Å²) < 4.78 is 1.75. The van der Waals surface area contributed by atoms with Gasteiger partial charge in [-0.25, -0.2) is 9.97 Å². The minimum atomic E-state index is -0.163. The Morgan fingerprint density at radius 3 is 2.96 bits per heavy atom. The van der Waals surface area contributed by atoms with Gasteiger partial charge in [0.15, 0.2) is 0 Å². The minimum Gasteiger partial charge on any atom is -0.350 e. The molecule has 1 aromatic carbocycles. The molecule has 2 N–H and O–H groups in total. The second-order valence-electron chi connectivity index (χ2n) is 5.83. The normalized spacial score (nSPS) is 11.3. The second kappa shape index (κ2) is 6.22. The standard InChI is InChI=1S/C18H16ClN5O/c1-11-17(24-9-7-12(19)10-16(24)21-11)18(25)20-8-6-15-22-13-4-2-3-5-14(13)23-15/h2-5,7,9-10H,6,8H2,1H3,(H,20,25)(H,22,23). The van der Waals surface area contributed by atoms with Crippen molar-refractivity contribution in [1.29, 1.82) is 0 Å². The summed E-state index contributed by atoms with van der Waals surface area (Å²) >= 11 is 5.98. The molecule has 25 heavy (non-hydrogen) atoms. The Morgan fingerprint density at radius 1 is 1.28 bits per heavy atom. The number of hydrogen-bond donors (Lipinski definition) is 2. The first-order valence-electron chi connectivity index (χ1n) is 7.98. The molecule has 0 aliphatic heterocycles. The van der Waals surface area contributed by atoms with E-state index in [-0.39, 0.29) is 5.91 Å². The minimum absolute atomic E-state index is 0.163. The van der Waals surface area contributed by atoms with Crippen LogP contribution in [0.2, 0.25) is 5.02 Å². The van der Waals surface area contributed by atoms with E-state index < -0.39 is 0 Å². The number of pyridine rings is 1. The number of fused-ring (bicyclic) bond motifs is 2. The molecule has 7 heteroatoms. The van der Waals surface area contributed by atoms with E-state index in [0.29, 0.717) is 35.0 Å². The van der Waals surface area contributed by atoms with Gasteiger partial charge in [-0.2, -0.15) is 0 Å². The number of halogens is 1. The van der Waals surface area contributed by atoms with Crippen molar-refractivity contribution < 1.29 is 4.79 Å². The third kappa shape index (κ3) is 2.96. The summed E-state index contributed by atoms with van der Waals surface area (Å²) in [7, 11) is 0. The van der Waals surface area contributed by atoms with E-state index in [1.54, 1.807) is 22.7 Å². The van der Waals surface area contributed by atoms with Gasteiger partial charge in [0.1, 0.15) is 17.2 Å². The Bertz CT molecular complexity index is 1050. The molecule has 0 aliphatic carbocycles. The van der Waals surface area contributed by atoms with Crippen molar-refractivity contribution in [3.63, 3.8) is 0 Å². The van der Waals surface area contributed by atoms with Gasteiger partial charge in [0.05, 0.1) is 16.7 Å². The SMILES string of the molecule is Cc1nc2cc(Cl)ccn2c1C(=O)NCCc1nc2ccccc2[nH]1.